The summed E-state index contributed by atoms with van der Waals surface area (Å²) in [6, 6.07) is 11.4. The molecule has 5 rings (SSSR count). The van der Waals surface area contributed by atoms with Gasteiger partial charge in [-0.2, -0.15) is 0 Å². The van der Waals surface area contributed by atoms with Crippen LogP contribution >= 0.6 is 12.2 Å². The molecule has 172 valence electrons. The van der Waals surface area contributed by atoms with Crippen LogP contribution in [0.4, 0.5) is 0 Å². The SMILES string of the molecule is CCCCNC(=S)N(Cc1ccc2c(c1)OCO2)Cc1cc2cc3c(cc2[nH]c1=O)OCO3. The number of hydrogen-bond acceptors (Lipinski definition) is 6. The number of pyridine rings is 1. The van der Waals surface area contributed by atoms with Crippen molar-refractivity contribution in [1.82, 2.24) is 15.2 Å². The molecule has 0 saturated heterocycles. The normalized spacial score (nSPS) is 13.4. The van der Waals surface area contributed by atoms with Crippen LogP contribution in [-0.2, 0) is 13.1 Å². The summed E-state index contributed by atoms with van der Waals surface area (Å²) in [5.41, 5.74) is 2.17. The molecule has 3 heterocycles. The van der Waals surface area contributed by atoms with E-state index >= 15 is 0 Å². The lowest BCUT2D eigenvalue weighted by Crippen LogP contribution is -2.40. The molecule has 8 nitrogen and oxygen atoms in total. The zero-order valence-corrected chi connectivity index (χ0v) is 19.1. The van der Waals surface area contributed by atoms with Gasteiger partial charge < -0.3 is 34.1 Å². The minimum atomic E-state index is -0.159. The maximum atomic E-state index is 12.9. The van der Waals surface area contributed by atoms with E-state index in [1.165, 1.54) is 0 Å². The lowest BCUT2D eigenvalue weighted by atomic mass is 10.1. The minimum absolute atomic E-state index is 0.159. The average molecular weight is 468 g/mol. The molecule has 0 amide bonds. The molecule has 2 aromatic carbocycles. The number of unbranched alkanes of at least 4 members (excludes halogenated alkanes) is 1. The Kier molecular flexibility index (Phi) is 5.95. The first-order chi connectivity index (χ1) is 16.1. The summed E-state index contributed by atoms with van der Waals surface area (Å²) in [5.74, 6) is 2.77. The van der Waals surface area contributed by atoms with Crippen molar-refractivity contribution in [3.05, 3.63) is 57.9 Å². The first kappa shape index (κ1) is 21.4. The highest BCUT2D eigenvalue weighted by atomic mass is 32.1. The van der Waals surface area contributed by atoms with Gasteiger partial charge in [0, 0.05) is 30.1 Å². The molecular formula is C24H25N3O5S. The number of hydrogen-bond donors (Lipinski definition) is 2. The van der Waals surface area contributed by atoms with Crippen molar-refractivity contribution in [2.75, 3.05) is 20.1 Å². The summed E-state index contributed by atoms with van der Waals surface area (Å²) in [5, 5.41) is 4.80. The van der Waals surface area contributed by atoms with E-state index in [4.69, 9.17) is 31.2 Å². The van der Waals surface area contributed by atoms with Crippen LogP contribution in [0.3, 0.4) is 0 Å². The Labute approximate surface area is 196 Å². The van der Waals surface area contributed by atoms with Crippen LogP contribution in [0, 0.1) is 0 Å². The van der Waals surface area contributed by atoms with Crippen molar-refractivity contribution < 1.29 is 18.9 Å². The average Bonchev–Trinajstić information content (AvgIpc) is 3.46. The van der Waals surface area contributed by atoms with E-state index in [0.717, 1.165) is 41.8 Å². The van der Waals surface area contributed by atoms with E-state index < -0.39 is 0 Å². The fourth-order valence-corrected chi connectivity index (χ4v) is 4.14. The van der Waals surface area contributed by atoms with Crippen molar-refractivity contribution in [2.45, 2.75) is 32.9 Å². The van der Waals surface area contributed by atoms with Crippen LogP contribution in [0.1, 0.15) is 30.9 Å². The molecule has 2 N–H and O–H groups in total. The molecule has 2 aliphatic rings. The summed E-state index contributed by atoms with van der Waals surface area (Å²) < 4.78 is 21.8. The number of rotatable bonds is 7. The molecule has 0 spiro atoms. The topological polar surface area (TPSA) is 85.1 Å². The predicted molar refractivity (Wildman–Crippen MR) is 128 cm³/mol. The second-order valence-electron chi connectivity index (χ2n) is 8.05. The quantitative estimate of drug-likeness (QED) is 0.402. The highest BCUT2D eigenvalue weighted by Gasteiger charge is 2.19. The predicted octanol–water partition coefficient (Wildman–Crippen LogP) is 3.66. The van der Waals surface area contributed by atoms with E-state index in [-0.39, 0.29) is 19.1 Å². The lowest BCUT2D eigenvalue weighted by Gasteiger charge is -2.26. The van der Waals surface area contributed by atoms with Gasteiger partial charge in [0.15, 0.2) is 28.1 Å². The third-order valence-corrected chi connectivity index (χ3v) is 6.08. The van der Waals surface area contributed by atoms with Gasteiger partial charge in [0.25, 0.3) is 5.56 Å². The molecular weight excluding hydrogens is 442 g/mol. The molecule has 0 fully saturated rings. The number of nitrogens with one attached hydrogen (secondary N) is 2. The number of aromatic amines is 1. The number of thiocarbonyl (C=S) groups is 1. The maximum Gasteiger partial charge on any atom is 0.253 e. The fraction of sp³-hybridized carbons (Fsp3) is 0.333. The zero-order valence-electron chi connectivity index (χ0n) is 18.3. The van der Waals surface area contributed by atoms with Gasteiger partial charge >= 0.3 is 0 Å². The smallest absolute Gasteiger partial charge is 0.253 e. The Hall–Kier alpha value is -3.46. The van der Waals surface area contributed by atoms with E-state index in [2.05, 4.69) is 17.2 Å². The van der Waals surface area contributed by atoms with E-state index in [1.54, 1.807) is 6.07 Å². The number of nitrogens with zero attached hydrogens (tertiary/aromatic N) is 1. The summed E-state index contributed by atoms with van der Waals surface area (Å²) in [4.78, 5) is 17.9. The van der Waals surface area contributed by atoms with Gasteiger partial charge in [-0.1, -0.05) is 19.4 Å². The van der Waals surface area contributed by atoms with Crippen LogP contribution in [0.5, 0.6) is 23.0 Å². The molecule has 0 unspecified atom stereocenters. The summed E-state index contributed by atoms with van der Waals surface area (Å²) in [6.45, 7) is 4.20. The van der Waals surface area contributed by atoms with Crippen LogP contribution < -0.4 is 29.8 Å². The van der Waals surface area contributed by atoms with Crippen molar-refractivity contribution in [3.8, 4) is 23.0 Å². The van der Waals surface area contributed by atoms with Gasteiger partial charge in [-0.05, 0) is 48.5 Å². The standard InChI is InChI=1S/C24H25N3O5S/c1-2-3-6-25-24(33)27(11-15-4-5-19-20(7-15)30-13-29-19)12-17-8-16-9-21-22(32-14-31-21)10-18(16)26-23(17)28/h4-5,7-10H,2-3,6,11-14H2,1H3,(H,25,33)(H,26,28). The molecule has 33 heavy (non-hydrogen) atoms. The van der Waals surface area contributed by atoms with E-state index in [1.807, 2.05) is 35.2 Å². The molecule has 0 radical (unpaired) electrons. The van der Waals surface area contributed by atoms with Crippen LogP contribution in [-0.4, -0.2) is 35.1 Å². The number of ether oxygens (including phenoxy) is 4. The number of H-pyrrole nitrogens is 1. The molecule has 1 aromatic heterocycles. The molecule has 2 aliphatic heterocycles. The first-order valence-corrected chi connectivity index (χ1v) is 11.4. The molecule has 0 aliphatic carbocycles. The largest absolute Gasteiger partial charge is 0.454 e. The highest BCUT2D eigenvalue weighted by molar-refractivity contribution is 7.80. The van der Waals surface area contributed by atoms with Gasteiger partial charge in [0.1, 0.15) is 0 Å². The fourth-order valence-electron chi connectivity index (χ4n) is 3.91. The van der Waals surface area contributed by atoms with Gasteiger partial charge in [0.2, 0.25) is 13.6 Å². The van der Waals surface area contributed by atoms with Crippen LogP contribution in [0.2, 0.25) is 0 Å². The number of aromatic nitrogens is 1. The van der Waals surface area contributed by atoms with Gasteiger partial charge in [0.05, 0.1) is 12.1 Å². The molecule has 0 saturated carbocycles. The third-order valence-electron chi connectivity index (χ3n) is 5.68. The van der Waals surface area contributed by atoms with Crippen molar-refractivity contribution in [3.63, 3.8) is 0 Å². The summed E-state index contributed by atoms with van der Waals surface area (Å²) in [7, 11) is 0. The molecule has 9 heteroatoms. The van der Waals surface area contributed by atoms with Crippen molar-refractivity contribution in [1.29, 1.82) is 0 Å². The first-order valence-electron chi connectivity index (χ1n) is 11.0. The van der Waals surface area contributed by atoms with E-state index in [9.17, 15) is 4.79 Å². The Morgan fingerprint density at radius 2 is 1.73 bits per heavy atom. The van der Waals surface area contributed by atoms with Crippen molar-refractivity contribution >= 4 is 28.2 Å². The zero-order chi connectivity index (χ0) is 22.8. The molecule has 0 atom stereocenters. The summed E-state index contributed by atoms with van der Waals surface area (Å²) >= 11 is 5.70. The second kappa shape index (κ2) is 9.19. The highest BCUT2D eigenvalue weighted by Crippen LogP contribution is 2.35. The summed E-state index contributed by atoms with van der Waals surface area (Å²) in [6.07, 6.45) is 2.08. The van der Waals surface area contributed by atoms with Crippen LogP contribution in [0.25, 0.3) is 10.9 Å². The van der Waals surface area contributed by atoms with Gasteiger partial charge in [-0.15, -0.1) is 0 Å². The minimum Gasteiger partial charge on any atom is -0.454 e. The monoisotopic (exact) mass is 467 g/mol. The molecule has 3 aromatic rings. The Bertz CT molecular complexity index is 1260. The van der Waals surface area contributed by atoms with Crippen LogP contribution in [0.15, 0.2) is 41.2 Å². The third kappa shape index (κ3) is 4.54. The van der Waals surface area contributed by atoms with Gasteiger partial charge in [-0.3, -0.25) is 4.79 Å². The van der Waals surface area contributed by atoms with Gasteiger partial charge in [-0.25, -0.2) is 0 Å². The Morgan fingerprint density at radius 1 is 1.00 bits per heavy atom. The second-order valence-corrected chi connectivity index (χ2v) is 8.43. The van der Waals surface area contributed by atoms with E-state index in [0.29, 0.717) is 40.8 Å². The lowest BCUT2D eigenvalue weighted by molar-refractivity contribution is 0.173. The number of fused-ring (bicyclic) bond motifs is 3. The molecule has 0 bridgehead atoms. The maximum absolute atomic E-state index is 12.9. The van der Waals surface area contributed by atoms with Crippen molar-refractivity contribution in [2.24, 2.45) is 0 Å². The Morgan fingerprint density at radius 3 is 2.52 bits per heavy atom. The number of benzene rings is 2. The Balaban J connectivity index is 1.42.